The van der Waals surface area contributed by atoms with E-state index in [0.29, 0.717) is 19.3 Å². The second-order valence-corrected chi connectivity index (χ2v) is 15.1. The van der Waals surface area contributed by atoms with Crippen molar-refractivity contribution >= 4 is 31.7 Å². The number of carbonyl (C=O) groups is 4. The molecule has 1 unspecified atom stereocenters. The number of aliphatic carboxylic acids is 1. The van der Waals surface area contributed by atoms with Gasteiger partial charge in [0.25, 0.3) is 5.56 Å². The molecule has 20 heteroatoms. The van der Waals surface area contributed by atoms with Crippen LogP contribution in [0.25, 0.3) is 0 Å². The first kappa shape index (κ1) is 43.3. The fourth-order valence-electron chi connectivity index (χ4n) is 6.10. The monoisotopic (exact) mass is 796 g/mol. The summed E-state index contributed by atoms with van der Waals surface area (Å²) in [6.45, 7) is 8.83. The van der Waals surface area contributed by atoms with Gasteiger partial charge in [-0.25, -0.2) is 14.4 Å². The number of aromatic nitrogens is 2. The van der Waals surface area contributed by atoms with E-state index in [1.54, 1.807) is 26.8 Å². The van der Waals surface area contributed by atoms with Crippen molar-refractivity contribution in [1.29, 1.82) is 0 Å². The molecule has 2 aliphatic heterocycles. The molecular formula is C35H49N4O15P. The van der Waals surface area contributed by atoms with E-state index in [1.165, 1.54) is 30.5 Å². The number of ether oxygens (including phenoxy) is 4. The molecule has 19 nitrogen and oxygen atoms in total. The van der Waals surface area contributed by atoms with E-state index in [1.807, 2.05) is 13.8 Å². The van der Waals surface area contributed by atoms with Gasteiger partial charge in [-0.2, -0.15) is 4.57 Å². The van der Waals surface area contributed by atoms with Crippen LogP contribution < -0.4 is 26.4 Å². The van der Waals surface area contributed by atoms with Crippen LogP contribution in [0, 0.1) is 0 Å². The summed E-state index contributed by atoms with van der Waals surface area (Å²) in [4.78, 5) is 78.2. The smallest absolute Gasteiger partial charge is 0.481 e. The highest BCUT2D eigenvalue weighted by atomic mass is 31.2. The summed E-state index contributed by atoms with van der Waals surface area (Å²) >= 11 is 0. The minimum Gasteiger partial charge on any atom is -0.481 e. The second-order valence-electron chi connectivity index (χ2n) is 13.6. The van der Waals surface area contributed by atoms with Crippen molar-refractivity contribution in [3.8, 4) is 5.75 Å². The normalized spacial score (nSPS) is 23.5. The van der Waals surface area contributed by atoms with E-state index in [-0.39, 0.29) is 18.8 Å². The number of esters is 1. The van der Waals surface area contributed by atoms with E-state index in [0.717, 1.165) is 17.1 Å². The fraction of sp³-hybridized carbons (Fsp3) is 0.600. The van der Waals surface area contributed by atoms with E-state index in [9.17, 15) is 38.4 Å². The van der Waals surface area contributed by atoms with E-state index < -0.39 is 104 Å². The van der Waals surface area contributed by atoms with Crippen molar-refractivity contribution in [2.75, 3.05) is 19.7 Å². The Balaban J connectivity index is 1.50. The highest BCUT2D eigenvalue weighted by Gasteiger charge is 2.64. The summed E-state index contributed by atoms with van der Waals surface area (Å²) in [5, 5.41) is 15.0. The number of phosphoric acid groups is 1. The quantitative estimate of drug-likeness (QED) is 0.0805. The molecule has 0 saturated carbocycles. The second kappa shape index (κ2) is 19.0. The topological polar surface area (TPSA) is 249 Å². The van der Waals surface area contributed by atoms with Crippen LogP contribution in [0.5, 0.6) is 5.75 Å². The first-order valence-electron chi connectivity index (χ1n) is 18.0. The van der Waals surface area contributed by atoms with Gasteiger partial charge in [-0.05, 0) is 58.8 Å². The largest absolute Gasteiger partial charge is 0.651 e. The van der Waals surface area contributed by atoms with Gasteiger partial charge in [0, 0.05) is 12.3 Å². The number of H-pyrrole nitrogens is 1. The molecule has 0 bridgehead atoms. The van der Waals surface area contributed by atoms with E-state index in [2.05, 4.69) is 15.6 Å². The zero-order valence-electron chi connectivity index (χ0n) is 31.3. The maximum atomic E-state index is 14.0. The minimum absolute atomic E-state index is 0.0951. The van der Waals surface area contributed by atoms with Gasteiger partial charge in [0.05, 0.1) is 12.8 Å². The Morgan fingerprint density at radius 3 is 2.11 bits per heavy atom. The number of unbranched alkanes of at least 4 members (excludes halogenated alkanes) is 2. The van der Waals surface area contributed by atoms with E-state index in [4.69, 9.17) is 32.5 Å². The molecule has 3 heterocycles. The van der Waals surface area contributed by atoms with Crippen LogP contribution in [0.2, 0.25) is 0 Å². The van der Waals surface area contributed by atoms with Crippen molar-refractivity contribution < 1.29 is 61.4 Å². The highest BCUT2D eigenvalue weighted by molar-refractivity contribution is 7.50. The summed E-state index contributed by atoms with van der Waals surface area (Å²) in [7, 11) is -5.16. The van der Waals surface area contributed by atoms with Gasteiger partial charge in [-0.3, -0.25) is 23.9 Å². The lowest BCUT2D eigenvalue weighted by Crippen LogP contribution is -2.45. The van der Waals surface area contributed by atoms with Gasteiger partial charge < -0.3 is 48.3 Å². The van der Waals surface area contributed by atoms with Crippen LogP contribution >= 0.6 is 7.82 Å². The predicted molar refractivity (Wildman–Crippen MR) is 192 cm³/mol. The third-order valence-electron chi connectivity index (χ3n) is 8.61. The average molecular weight is 797 g/mol. The van der Waals surface area contributed by atoms with Crippen LogP contribution in [-0.4, -0.2) is 93.9 Å². The Morgan fingerprint density at radius 2 is 1.55 bits per heavy atom. The fourth-order valence-corrected chi connectivity index (χ4v) is 7.28. The molecule has 2 saturated heterocycles. The van der Waals surface area contributed by atoms with Crippen molar-refractivity contribution in [3.05, 3.63) is 63.4 Å². The number of benzene rings is 1. The summed E-state index contributed by atoms with van der Waals surface area (Å²) in [6.07, 6.45) is -0.428. The average Bonchev–Trinajstić information content (AvgIpc) is 3.50. The van der Waals surface area contributed by atoms with Gasteiger partial charge in [-0.1, -0.05) is 44.9 Å². The molecule has 0 aliphatic carbocycles. The van der Waals surface area contributed by atoms with Crippen molar-refractivity contribution in [1.82, 2.24) is 20.2 Å². The zero-order valence-corrected chi connectivity index (χ0v) is 32.2. The first-order valence-corrected chi connectivity index (χ1v) is 19.5. The van der Waals surface area contributed by atoms with Gasteiger partial charge in [0.1, 0.15) is 42.2 Å². The lowest BCUT2D eigenvalue weighted by molar-refractivity contribution is -0.219. The maximum absolute atomic E-state index is 14.0. The number of carboxylic acids is 1. The number of aromatic amines is 1. The van der Waals surface area contributed by atoms with Crippen LogP contribution in [0.4, 0.5) is 0 Å². The number of hydrogen-bond acceptors (Lipinski definition) is 16. The Hall–Kier alpha value is -4.39. The van der Waals surface area contributed by atoms with Crippen LogP contribution in [0.1, 0.15) is 79.4 Å². The molecule has 0 radical (unpaired) electrons. The summed E-state index contributed by atoms with van der Waals surface area (Å²) in [6, 6.07) is 5.62. The number of carbonyl (C=O) groups excluding carboxylic acids is 3. The molecule has 4 rings (SSSR count). The number of rotatable bonds is 21. The standard InChI is InChI=1S/C35H49N4O15P/c1-6-8-16-36-23(19-27(41)42)30(44)52-55(47,51-22-13-11-10-12-14-22)53-31(45)24(37-17-9-7-2)20-28(43)48-21-25-29-35(5,54-34(3,4)50-29)32(49-25)39-18-15-26(40)38-33(39)46/h10-15,18,23-25,29,32,36-37H,6-9,16-17,19-21H2,1-5H3,(H,41,42)(H,38,40,46)/t23-,24-,25+,29+,32+,35+,55?/m0/s1. The molecule has 0 amide bonds. The van der Waals surface area contributed by atoms with Crippen molar-refractivity contribution in [2.45, 2.75) is 115 Å². The Bertz CT molecular complexity index is 1820. The SMILES string of the molecule is CCCCN[C@@H](CC(=O)O)C(=O)OP(=O)(OC(=O)[C@H](CC(=O)OC[C@H]1O[C@@H](n2ccc(=O)[nH]c2=O)[C@]2(C)OC(C)(C)O[C@H]12)NCCCC)Oc1ccccc1. The molecule has 1 aromatic heterocycles. The Morgan fingerprint density at radius 1 is 0.945 bits per heavy atom. The number of fused-ring (bicyclic) bond motifs is 1. The Kier molecular flexibility index (Phi) is 14.9. The number of para-hydroxylation sites is 1. The molecule has 304 valence electrons. The molecule has 4 N–H and O–H groups in total. The summed E-state index contributed by atoms with van der Waals surface area (Å²) in [5.74, 6) is -6.06. The molecule has 55 heavy (non-hydrogen) atoms. The molecule has 0 spiro atoms. The lowest BCUT2D eigenvalue weighted by atomic mass is 9.96. The van der Waals surface area contributed by atoms with Crippen LogP contribution in [-0.2, 0) is 51.7 Å². The number of carboxylic acid groups (broad SMARTS) is 1. The number of nitrogens with zero attached hydrogens (tertiary/aromatic N) is 1. The molecule has 1 aromatic carbocycles. The van der Waals surface area contributed by atoms with Crippen LogP contribution in [0.3, 0.4) is 0 Å². The highest BCUT2D eigenvalue weighted by Crippen LogP contribution is 2.51. The van der Waals surface area contributed by atoms with Crippen molar-refractivity contribution in [2.24, 2.45) is 0 Å². The minimum atomic E-state index is -5.16. The zero-order chi connectivity index (χ0) is 40.4. The van der Waals surface area contributed by atoms with Gasteiger partial charge >= 0.3 is 37.4 Å². The molecule has 2 fully saturated rings. The number of nitrogens with one attached hydrogen (secondary N) is 3. The first-order chi connectivity index (χ1) is 26.0. The summed E-state index contributed by atoms with van der Waals surface area (Å²) < 4.78 is 54.8. The molecule has 2 aromatic rings. The molecule has 2 aliphatic rings. The maximum Gasteiger partial charge on any atom is 0.651 e. The van der Waals surface area contributed by atoms with E-state index >= 15 is 0 Å². The summed E-state index contributed by atoms with van der Waals surface area (Å²) in [5.41, 5.74) is -2.63. The third kappa shape index (κ3) is 11.8. The molecular weight excluding hydrogens is 747 g/mol. The Labute approximate surface area is 316 Å². The van der Waals surface area contributed by atoms with Gasteiger partial charge in [-0.15, -0.1) is 0 Å². The third-order valence-corrected chi connectivity index (χ3v) is 9.85. The van der Waals surface area contributed by atoms with Crippen LogP contribution in [0.15, 0.2) is 52.2 Å². The number of hydrogen-bond donors (Lipinski definition) is 4. The number of phosphoric ester groups is 1. The van der Waals surface area contributed by atoms with Gasteiger partial charge in [0.15, 0.2) is 12.0 Å². The van der Waals surface area contributed by atoms with Crippen molar-refractivity contribution in [3.63, 3.8) is 0 Å². The lowest BCUT2D eigenvalue weighted by Gasteiger charge is -2.30. The molecule has 7 atom stereocenters. The van der Waals surface area contributed by atoms with Gasteiger partial charge in [0.2, 0.25) is 0 Å². The predicted octanol–water partition coefficient (Wildman–Crippen LogP) is 2.54.